The van der Waals surface area contributed by atoms with Crippen LogP contribution in [-0.2, 0) is 4.74 Å². The smallest absolute Gasteiger partial charge is 0.193 e. The molecule has 1 aromatic rings. The average molecular weight is 287 g/mol. The molecule has 0 bridgehead atoms. The number of anilines is 1. The van der Waals surface area contributed by atoms with Crippen molar-refractivity contribution >= 4 is 11.6 Å². The van der Waals surface area contributed by atoms with Crippen molar-refractivity contribution in [3.8, 4) is 0 Å². The molecule has 3 N–H and O–H groups in total. The van der Waals surface area contributed by atoms with E-state index in [1.54, 1.807) is 0 Å². The van der Waals surface area contributed by atoms with Crippen molar-refractivity contribution in [1.29, 1.82) is 0 Å². The highest BCUT2D eigenvalue weighted by Crippen LogP contribution is 2.56. The molecule has 114 valence electrons. The number of hydrogen-bond acceptors (Lipinski definition) is 2. The van der Waals surface area contributed by atoms with E-state index in [2.05, 4.69) is 12.2 Å². The van der Waals surface area contributed by atoms with E-state index in [0.29, 0.717) is 18.1 Å². The standard InChI is InChI=1S/C17H25N3O/c1-2-21-15-12-14(17(15)10-6-7-11-17)20-16(18)19-13-8-4-3-5-9-13/h3-5,8-9,14-15H,2,6-7,10-12H2,1H3,(H3,18,19,20). The minimum absolute atomic E-state index is 0.249. The van der Waals surface area contributed by atoms with Crippen LogP contribution in [0.25, 0.3) is 0 Å². The highest BCUT2D eigenvalue weighted by molar-refractivity contribution is 5.92. The largest absolute Gasteiger partial charge is 0.378 e. The zero-order valence-electron chi connectivity index (χ0n) is 12.7. The molecule has 2 atom stereocenters. The third kappa shape index (κ3) is 2.77. The minimum atomic E-state index is 0.249. The summed E-state index contributed by atoms with van der Waals surface area (Å²) in [5, 5.41) is 3.18. The molecule has 0 aliphatic heterocycles. The van der Waals surface area contributed by atoms with Gasteiger partial charge in [-0.05, 0) is 38.3 Å². The van der Waals surface area contributed by atoms with E-state index < -0.39 is 0 Å². The summed E-state index contributed by atoms with van der Waals surface area (Å²) in [6.07, 6.45) is 6.42. The molecule has 0 aromatic heterocycles. The highest BCUT2D eigenvalue weighted by atomic mass is 16.5. The van der Waals surface area contributed by atoms with Gasteiger partial charge >= 0.3 is 0 Å². The lowest BCUT2D eigenvalue weighted by molar-refractivity contribution is -0.119. The van der Waals surface area contributed by atoms with E-state index in [4.69, 9.17) is 15.5 Å². The van der Waals surface area contributed by atoms with Gasteiger partial charge in [0.1, 0.15) is 0 Å². The number of benzene rings is 1. The Balaban J connectivity index is 1.68. The molecule has 0 amide bonds. The molecular weight excluding hydrogens is 262 g/mol. The van der Waals surface area contributed by atoms with Crippen LogP contribution in [0, 0.1) is 5.41 Å². The molecule has 1 aromatic carbocycles. The maximum absolute atomic E-state index is 6.08. The summed E-state index contributed by atoms with van der Waals surface area (Å²) in [5.74, 6) is 0.521. The predicted octanol–water partition coefficient (Wildman–Crippen LogP) is 3.15. The monoisotopic (exact) mass is 287 g/mol. The van der Waals surface area contributed by atoms with E-state index in [-0.39, 0.29) is 5.41 Å². The summed E-state index contributed by atoms with van der Waals surface area (Å²) in [5.41, 5.74) is 7.32. The number of hydrogen-bond donors (Lipinski definition) is 2. The Labute approximate surface area is 126 Å². The number of aliphatic imine (C=N–C) groups is 1. The maximum Gasteiger partial charge on any atom is 0.193 e. The zero-order chi connectivity index (χ0) is 14.7. The number of guanidine groups is 1. The Morgan fingerprint density at radius 3 is 2.71 bits per heavy atom. The number of nitrogens with one attached hydrogen (secondary N) is 1. The maximum atomic E-state index is 6.08. The van der Waals surface area contributed by atoms with Gasteiger partial charge in [0.15, 0.2) is 5.96 Å². The van der Waals surface area contributed by atoms with Crippen LogP contribution < -0.4 is 11.1 Å². The molecular formula is C17H25N3O. The second kappa shape index (κ2) is 6.06. The first-order valence-electron chi connectivity index (χ1n) is 8.01. The summed E-state index contributed by atoms with van der Waals surface area (Å²) in [6.45, 7) is 2.87. The van der Waals surface area contributed by atoms with Crippen molar-refractivity contribution in [3.05, 3.63) is 30.3 Å². The SMILES string of the molecule is CCOC1CC(N=C(N)Nc2ccccc2)C12CCCC2. The lowest BCUT2D eigenvalue weighted by Gasteiger charge is -2.52. The van der Waals surface area contributed by atoms with Crippen molar-refractivity contribution in [2.24, 2.45) is 16.1 Å². The van der Waals surface area contributed by atoms with Crippen molar-refractivity contribution in [2.45, 2.75) is 51.2 Å². The van der Waals surface area contributed by atoms with E-state index in [0.717, 1.165) is 18.7 Å². The lowest BCUT2D eigenvalue weighted by atomic mass is 9.61. The first-order valence-corrected chi connectivity index (χ1v) is 8.01. The van der Waals surface area contributed by atoms with Gasteiger partial charge in [0.05, 0.1) is 12.1 Å². The van der Waals surface area contributed by atoms with E-state index in [1.807, 2.05) is 30.3 Å². The van der Waals surface area contributed by atoms with Gasteiger partial charge in [-0.2, -0.15) is 0 Å². The molecule has 2 fully saturated rings. The Hall–Kier alpha value is -1.55. The van der Waals surface area contributed by atoms with Gasteiger partial charge in [0.2, 0.25) is 0 Å². The fourth-order valence-corrected chi connectivity index (χ4v) is 3.90. The third-order valence-electron chi connectivity index (χ3n) is 4.99. The van der Waals surface area contributed by atoms with E-state index in [9.17, 15) is 0 Å². The van der Waals surface area contributed by atoms with Crippen LogP contribution in [0.4, 0.5) is 5.69 Å². The van der Waals surface area contributed by atoms with Crippen LogP contribution in [0.15, 0.2) is 35.3 Å². The molecule has 0 saturated heterocycles. The molecule has 3 rings (SSSR count). The predicted molar refractivity (Wildman–Crippen MR) is 86.4 cm³/mol. The molecule has 4 heteroatoms. The van der Waals surface area contributed by atoms with Crippen molar-refractivity contribution in [1.82, 2.24) is 0 Å². The molecule has 2 saturated carbocycles. The van der Waals surface area contributed by atoms with Crippen molar-refractivity contribution in [2.75, 3.05) is 11.9 Å². The summed E-state index contributed by atoms with van der Waals surface area (Å²) < 4.78 is 5.92. The van der Waals surface area contributed by atoms with Crippen LogP contribution in [0.1, 0.15) is 39.0 Å². The quantitative estimate of drug-likeness (QED) is 0.660. The van der Waals surface area contributed by atoms with Crippen LogP contribution in [0.3, 0.4) is 0 Å². The number of nitrogens with zero attached hydrogens (tertiary/aromatic N) is 1. The van der Waals surface area contributed by atoms with E-state index >= 15 is 0 Å². The zero-order valence-corrected chi connectivity index (χ0v) is 12.7. The molecule has 2 aliphatic rings. The van der Waals surface area contributed by atoms with Crippen LogP contribution >= 0.6 is 0 Å². The van der Waals surface area contributed by atoms with E-state index in [1.165, 1.54) is 25.7 Å². The highest BCUT2D eigenvalue weighted by Gasteiger charge is 2.56. The van der Waals surface area contributed by atoms with Gasteiger partial charge in [-0.3, -0.25) is 0 Å². The summed E-state index contributed by atoms with van der Waals surface area (Å²) >= 11 is 0. The second-order valence-corrected chi connectivity index (χ2v) is 6.14. The first-order chi connectivity index (χ1) is 10.2. The third-order valence-corrected chi connectivity index (χ3v) is 4.99. The Bertz CT molecular complexity index is 494. The number of para-hydroxylation sites is 1. The van der Waals surface area contributed by atoms with Gasteiger partial charge in [0, 0.05) is 17.7 Å². The van der Waals surface area contributed by atoms with Gasteiger partial charge < -0.3 is 15.8 Å². The summed E-state index contributed by atoms with van der Waals surface area (Å²) in [7, 11) is 0. The number of nitrogens with two attached hydrogens (primary N) is 1. The molecule has 2 unspecified atom stereocenters. The van der Waals surface area contributed by atoms with Crippen molar-refractivity contribution < 1.29 is 4.74 Å². The summed E-state index contributed by atoms with van der Waals surface area (Å²) in [6, 6.07) is 10.3. The molecule has 1 spiro atoms. The molecule has 4 nitrogen and oxygen atoms in total. The molecule has 0 radical (unpaired) electrons. The van der Waals surface area contributed by atoms with Crippen LogP contribution in [-0.4, -0.2) is 24.7 Å². The molecule has 0 heterocycles. The van der Waals surface area contributed by atoms with Gasteiger partial charge in [-0.15, -0.1) is 0 Å². The number of ether oxygens (including phenoxy) is 1. The second-order valence-electron chi connectivity index (χ2n) is 6.14. The fraction of sp³-hybridized carbons (Fsp3) is 0.588. The van der Waals surface area contributed by atoms with Gasteiger partial charge in [0.25, 0.3) is 0 Å². The Morgan fingerprint density at radius 1 is 1.33 bits per heavy atom. The van der Waals surface area contributed by atoms with Crippen molar-refractivity contribution in [3.63, 3.8) is 0 Å². The first kappa shape index (κ1) is 14.4. The lowest BCUT2D eigenvalue weighted by Crippen LogP contribution is -2.56. The van der Waals surface area contributed by atoms with Crippen LogP contribution in [0.5, 0.6) is 0 Å². The van der Waals surface area contributed by atoms with Gasteiger partial charge in [-0.1, -0.05) is 31.0 Å². The molecule has 21 heavy (non-hydrogen) atoms. The summed E-state index contributed by atoms with van der Waals surface area (Å²) in [4.78, 5) is 4.75. The number of rotatable bonds is 4. The minimum Gasteiger partial charge on any atom is -0.378 e. The normalized spacial score (nSPS) is 27.6. The van der Waals surface area contributed by atoms with Crippen LogP contribution in [0.2, 0.25) is 0 Å². The topological polar surface area (TPSA) is 59.6 Å². The fourth-order valence-electron chi connectivity index (χ4n) is 3.90. The van der Waals surface area contributed by atoms with Gasteiger partial charge in [-0.25, -0.2) is 4.99 Å². The Kier molecular flexibility index (Phi) is 4.15. The molecule has 2 aliphatic carbocycles. The average Bonchev–Trinajstić information content (AvgIpc) is 3.00. The Morgan fingerprint density at radius 2 is 2.05 bits per heavy atom.